The average Bonchev–Trinajstić information content (AvgIpc) is 2.35. The fourth-order valence-corrected chi connectivity index (χ4v) is 3.78. The molecule has 1 heterocycles. The number of carbonyl (C=O) groups is 1. The summed E-state index contributed by atoms with van der Waals surface area (Å²) in [6, 6.07) is 2.48. The first-order chi connectivity index (χ1) is 9.03. The SMILES string of the molecule is CN(C)C(=O)c1ccc(S(=O)(=O)CCS(N)(=O)=O)nc1. The number of amides is 1. The van der Waals surface area contributed by atoms with E-state index in [4.69, 9.17) is 5.14 Å². The van der Waals surface area contributed by atoms with E-state index in [-0.39, 0.29) is 16.5 Å². The number of carbonyl (C=O) groups excluding carboxylic acids is 1. The maximum atomic E-state index is 11.8. The van der Waals surface area contributed by atoms with Gasteiger partial charge in [-0.1, -0.05) is 0 Å². The van der Waals surface area contributed by atoms with Crippen LogP contribution >= 0.6 is 0 Å². The number of primary sulfonamides is 1. The summed E-state index contributed by atoms with van der Waals surface area (Å²) in [6.07, 6.45) is 1.13. The predicted molar refractivity (Wildman–Crippen MR) is 72.3 cm³/mol. The van der Waals surface area contributed by atoms with Crippen molar-refractivity contribution in [2.75, 3.05) is 25.6 Å². The minimum atomic E-state index is -3.87. The second kappa shape index (κ2) is 5.85. The van der Waals surface area contributed by atoms with Crippen LogP contribution in [0.15, 0.2) is 23.4 Å². The molecule has 1 rings (SSSR count). The summed E-state index contributed by atoms with van der Waals surface area (Å²) in [5.41, 5.74) is 0.236. The molecule has 0 aliphatic rings. The van der Waals surface area contributed by atoms with Crippen molar-refractivity contribution in [1.29, 1.82) is 0 Å². The maximum absolute atomic E-state index is 11.8. The normalized spacial score (nSPS) is 12.2. The van der Waals surface area contributed by atoms with Crippen molar-refractivity contribution in [1.82, 2.24) is 9.88 Å². The van der Waals surface area contributed by atoms with Crippen molar-refractivity contribution in [3.63, 3.8) is 0 Å². The highest BCUT2D eigenvalue weighted by molar-refractivity contribution is 7.94. The Labute approximate surface area is 117 Å². The van der Waals surface area contributed by atoms with Gasteiger partial charge in [-0.2, -0.15) is 0 Å². The third kappa shape index (κ3) is 4.54. The predicted octanol–water partition coefficient (Wildman–Crippen LogP) is -1.15. The van der Waals surface area contributed by atoms with Gasteiger partial charge in [-0.15, -0.1) is 0 Å². The summed E-state index contributed by atoms with van der Waals surface area (Å²) in [7, 11) is -4.61. The minimum absolute atomic E-state index is 0.236. The van der Waals surface area contributed by atoms with Crippen molar-refractivity contribution in [2.24, 2.45) is 5.14 Å². The van der Waals surface area contributed by atoms with Gasteiger partial charge >= 0.3 is 0 Å². The van der Waals surface area contributed by atoms with Gasteiger partial charge in [-0.3, -0.25) is 4.79 Å². The second-order valence-corrected chi connectivity index (χ2v) is 8.06. The van der Waals surface area contributed by atoms with E-state index in [0.29, 0.717) is 0 Å². The molecule has 0 atom stereocenters. The van der Waals surface area contributed by atoms with Crippen molar-refractivity contribution in [3.8, 4) is 0 Å². The van der Waals surface area contributed by atoms with Crippen LogP contribution in [-0.4, -0.2) is 58.2 Å². The fraction of sp³-hybridized carbons (Fsp3) is 0.400. The third-order valence-electron chi connectivity index (χ3n) is 2.34. The zero-order valence-corrected chi connectivity index (χ0v) is 12.6. The summed E-state index contributed by atoms with van der Waals surface area (Å²) in [4.78, 5) is 16.6. The van der Waals surface area contributed by atoms with Gasteiger partial charge in [0.25, 0.3) is 5.91 Å². The smallest absolute Gasteiger partial charge is 0.254 e. The van der Waals surface area contributed by atoms with E-state index in [0.717, 1.165) is 12.3 Å². The molecule has 0 saturated carbocycles. The highest BCUT2D eigenvalue weighted by Crippen LogP contribution is 2.10. The molecule has 10 heteroatoms. The molecule has 8 nitrogen and oxygen atoms in total. The number of aromatic nitrogens is 1. The van der Waals surface area contributed by atoms with Crippen molar-refractivity contribution in [2.45, 2.75) is 5.03 Å². The van der Waals surface area contributed by atoms with E-state index in [9.17, 15) is 21.6 Å². The molecule has 0 aliphatic carbocycles. The molecule has 0 unspecified atom stereocenters. The molecule has 0 radical (unpaired) electrons. The molecular weight excluding hydrogens is 306 g/mol. The van der Waals surface area contributed by atoms with Crippen LogP contribution in [0.2, 0.25) is 0 Å². The van der Waals surface area contributed by atoms with Crippen LogP contribution < -0.4 is 5.14 Å². The summed E-state index contributed by atoms with van der Waals surface area (Å²) in [5.74, 6) is -1.65. The van der Waals surface area contributed by atoms with Gasteiger partial charge < -0.3 is 4.90 Å². The molecule has 0 fully saturated rings. The molecule has 0 aliphatic heterocycles. The van der Waals surface area contributed by atoms with E-state index in [1.54, 1.807) is 14.1 Å². The Morgan fingerprint density at radius 2 is 1.80 bits per heavy atom. The van der Waals surface area contributed by atoms with E-state index >= 15 is 0 Å². The first-order valence-corrected chi connectivity index (χ1v) is 8.80. The van der Waals surface area contributed by atoms with Gasteiger partial charge in [0.2, 0.25) is 10.0 Å². The molecule has 0 bridgehead atoms. The number of rotatable bonds is 5. The molecule has 1 aromatic heterocycles. The first-order valence-electron chi connectivity index (χ1n) is 5.44. The van der Waals surface area contributed by atoms with Gasteiger partial charge in [-0.25, -0.2) is 27.0 Å². The van der Waals surface area contributed by atoms with Gasteiger partial charge in [0.1, 0.15) is 0 Å². The van der Waals surface area contributed by atoms with E-state index in [1.165, 1.54) is 11.0 Å². The van der Waals surface area contributed by atoms with E-state index in [2.05, 4.69) is 4.98 Å². The summed E-state index contributed by atoms with van der Waals surface area (Å²) in [6.45, 7) is 0. The van der Waals surface area contributed by atoms with Crippen LogP contribution in [0.1, 0.15) is 10.4 Å². The molecule has 20 heavy (non-hydrogen) atoms. The van der Waals surface area contributed by atoms with Crippen LogP contribution in [-0.2, 0) is 19.9 Å². The Kier molecular flexibility index (Phi) is 4.84. The van der Waals surface area contributed by atoms with E-state index < -0.39 is 31.4 Å². The maximum Gasteiger partial charge on any atom is 0.254 e. The molecule has 2 N–H and O–H groups in total. The third-order valence-corrected chi connectivity index (χ3v) is 5.00. The van der Waals surface area contributed by atoms with Gasteiger partial charge in [0, 0.05) is 20.3 Å². The lowest BCUT2D eigenvalue weighted by Crippen LogP contribution is -2.24. The summed E-state index contributed by atoms with van der Waals surface area (Å²) >= 11 is 0. The Bertz CT molecular complexity index is 693. The molecule has 1 aromatic rings. The van der Waals surface area contributed by atoms with Gasteiger partial charge in [0.05, 0.1) is 17.1 Å². The standard InChI is InChI=1S/C10H15N3O5S2/c1-13(2)10(14)8-3-4-9(12-7-8)19(15,16)5-6-20(11,17)18/h3-4,7H,5-6H2,1-2H3,(H2,11,17,18). The van der Waals surface area contributed by atoms with Crippen molar-refractivity contribution >= 4 is 25.8 Å². The first kappa shape index (κ1) is 16.5. The van der Waals surface area contributed by atoms with Gasteiger partial charge in [-0.05, 0) is 12.1 Å². The molecule has 0 saturated heterocycles. The number of hydrogen-bond acceptors (Lipinski definition) is 6. The average molecular weight is 321 g/mol. The highest BCUT2D eigenvalue weighted by Gasteiger charge is 2.19. The Morgan fingerprint density at radius 1 is 1.20 bits per heavy atom. The van der Waals surface area contributed by atoms with Crippen LogP contribution in [0.5, 0.6) is 0 Å². The fourth-order valence-electron chi connectivity index (χ4n) is 1.28. The minimum Gasteiger partial charge on any atom is -0.345 e. The number of pyridine rings is 1. The summed E-state index contributed by atoms with van der Waals surface area (Å²) in [5, 5.41) is 4.46. The lowest BCUT2D eigenvalue weighted by atomic mass is 10.2. The van der Waals surface area contributed by atoms with Crippen molar-refractivity contribution in [3.05, 3.63) is 23.9 Å². The molecule has 0 aromatic carbocycles. The zero-order valence-electron chi connectivity index (χ0n) is 11.0. The Hall–Kier alpha value is -1.52. The van der Waals surface area contributed by atoms with Crippen molar-refractivity contribution < 1.29 is 21.6 Å². The lowest BCUT2D eigenvalue weighted by molar-refractivity contribution is 0.0827. The van der Waals surface area contributed by atoms with E-state index in [1.807, 2.05) is 0 Å². The number of sulfone groups is 1. The zero-order chi connectivity index (χ0) is 15.6. The number of hydrogen-bond donors (Lipinski definition) is 1. The topological polar surface area (TPSA) is 127 Å². The Balaban J connectivity index is 2.96. The monoisotopic (exact) mass is 321 g/mol. The van der Waals surface area contributed by atoms with Gasteiger partial charge in [0.15, 0.2) is 14.9 Å². The number of sulfonamides is 1. The highest BCUT2D eigenvalue weighted by atomic mass is 32.2. The number of nitrogens with two attached hydrogens (primary N) is 1. The molecule has 0 spiro atoms. The molecular formula is C10H15N3O5S2. The van der Waals surface area contributed by atoms with Crippen LogP contribution in [0.4, 0.5) is 0 Å². The van der Waals surface area contributed by atoms with Crippen LogP contribution in [0, 0.1) is 0 Å². The molecule has 112 valence electrons. The largest absolute Gasteiger partial charge is 0.345 e. The second-order valence-electron chi connectivity index (χ2n) is 4.27. The quantitative estimate of drug-likeness (QED) is 0.729. The molecule has 1 amide bonds. The van der Waals surface area contributed by atoms with Crippen LogP contribution in [0.25, 0.3) is 0 Å². The Morgan fingerprint density at radius 3 is 2.20 bits per heavy atom. The van der Waals surface area contributed by atoms with Crippen LogP contribution in [0.3, 0.4) is 0 Å². The lowest BCUT2D eigenvalue weighted by Gasteiger charge is -2.10. The number of nitrogens with zero attached hydrogens (tertiary/aromatic N) is 2. The summed E-state index contributed by atoms with van der Waals surface area (Å²) < 4.78 is 45.2.